The number of carbonyl (C=O) groups is 1. The highest BCUT2D eigenvalue weighted by Crippen LogP contribution is 2.26. The molecule has 4 nitrogen and oxygen atoms in total. The maximum Gasteiger partial charge on any atom is 0.224 e. The number of nitrogens with zero attached hydrogens (tertiary/aromatic N) is 1. The smallest absolute Gasteiger partial charge is 0.224 e. The minimum atomic E-state index is -0.117. The van der Waals surface area contributed by atoms with Crippen LogP contribution in [0.4, 0.5) is 5.69 Å². The standard InChI is InChI=1S/C15H20ClN3O/c1-15(2,7-8-17)6-5-14(20)19-13-9-12(16)4-3-11(13)10-18/h3-4,9H,5-8,17H2,1-2H3,(H,19,20). The van der Waals surface area contributed by atoms with Crippen LogP contribution in [0.25, 0.3) is 0 Å². The fourth-order valence-corrected chi connectivity index (χ4v) is 2.07. The van der Waals surface area contributed by atoms with Crippen LogP contribution in [0.15, 0.2) is 18.2 Å². The third kappa shape index (κ3) is 5.20. The zero-order valence-electron chi connectivity index (χ0n) is 11.9. The fourth-order valence-electron chi connectivity index (χ4n) is 1.90. The van der Waals surface area contributed by atoms with Crippen LogP contribution in [0.2, 0.25) is 5.02 Å². The Morgan fingerprint density at radius 3 is 2.75 bits per heavy atom. The minimum absolute atomic E-state index is 0.0402. The first-order valence-electron chi connectivity index (χ1n) is 6.57. The molecule has 5 heteroatoms. The van der Waals surface area contributed by atoms with Gasteiger partial charge in [0.1, 0.15) is 6.07 Å². The van der Waals surface area contributed by atoms with E-state index < -0.39 is 0 Å². The van der Waals surface area contributed by atoms with E-state index in [1.54, 1.807) is 18.2 Å². The van der Waals surface area contributed by atoms with Crippen molar-refractivity contribution in [2.45, 2.75) is 33.1 Å². The third-order valence-electron chi connectivity index (χ3n) is 3.23. The van der Waals surface area contributed by atoms with E-state index in [1.807, 2.05) is 6.07 Å². The van der Waals surface area contributed by atoms with Crippen LogP contribution in [-0.4, -0.2) is 12.5 Å². The minimum Gasteiger partial charge on any atom is -0.330 e. The number of hydrogen-bond acceptors (Lipinski definition) is 3. The number of anilines is 1. The summed E-state index contributed by atoms with van der Waals surface area (Å²) in [6.45, 7) is 4.79. The summed E-state index contributed by atoms with van der Waals surface area (Å²) in [5.74, 6) is -0.117. The van der Waals surface area contributed by atoms with Crippen molar-refractivity contribution >= 4 is 23.2 Å². The first kappa shape index (κ1) is 16.5. The quantitative estimate of drug-likeness (QED) is 0.844. The molecule has 1 aromatic rings. The molecule has 0 atom stereocenters. The predicted octanol–water partition coefficient (Wildman–Crippen LogP) is 3.31. The predicted molar refractivity (Wildman–Crippen MR) is 81.5 cm³/mol. The molecule has 0 spiro atoms. The molecular weight excluding hydrogens is 274 g/mol. The molecule has 0 fully saturated rings. The van der Waals surface area contributed by atoms with Gasteiger partial charge in [0, 0.05) is 11.4 Å². The summed E-state index contributed by atoms with van der Waals surface area (Å²) in [7, 11) is 0. The van der Waals surface area contributed by atoms with Gasteiger partial charge in [-0.15, -0.1) is 0 Å². The largest absolute Gasteiger partial charge is 0.330 e. The molecule has 0 unspecified atom stereocenters. The number of nitrogens with one attached hydrogen (secondary N) is 1. The second-order valence-corrected chi connectivity index (χ2v) is 5.99. The molecule has 0 aliphatic heterocycles. The van der Waals surface area contributed by atoms with E-state index in [4.69, 9.17) is 22.6 Å². The Kier molecular flexibility index (Phi) is 6.00. The maximum absolute atomic E-state index is 11.9. The van der Waals surface area contributed by atoms with Crippen molar-refractivity contribution in [3.63, 3.8) is 0 Å². The molecule has 108 valence electrons. The van der Waals surface area contributed by atoms with Crippen LogP contribution in [0, 0.1) is 16.7 Å². The SMILES string of the molecule is CC(C)(CCN)CCC(=O)Nc1cc(Cl)ccc1C#N. The van der Waals surface area contributed by atoms with Crippen molar-refractivity contribution < 1.29 is 4.79 Å². The van der Waals surface area contributed by atoms with E-state index in [9.17, 15) is 4.79 Å². The monoisotopic (exact) mass is 293 g/mol. The molecule has 20 heavy (non-hydrogen) atoms. The Morgan fingerprint density at radius 2 is 2.15 bits per heavy atom. The third-order valence-corrected chi connectivity index (χ3v) is 3.46. The van der Waals surface area contributed by atoms with Crippen LogP contribution < -0.4 is 11.1 Å². The Hall–Kier alpha value is -1.57. The van der Waals surface area contributed by atoms with Crippen molar-refractivity contribution in [1.82, 2.24) is 0 Å². The number of nitrogens with two attached hydrogens (primary N) is 1. The highest BCUT2D eigenvalue weighted by atomic mass is 35.5. The summed E-state index contributed by atoms with van der Waals surface area (Å²) in [6.07, 6.45) is 2.02. The summed E-state index contributed by atoms with van der Waals surface area (Å²) in [5, 5.41) is 12.2. The molecule has 0 radical (unpaired) electrons. The van der Waals surface area contributed by atoms with E-state index in [2.05, 4.69) is 19.2 Å². The molecule has 1 amide bonds. The first-order chi connectivity index (χ1) is 9.38. The number of rotatable bonds is 6. The van der Waals surface area contributed by atoms with Gasteiger partial charge in [-0.3, -0.25) is 4.79 Å². The molecule has 0 aliphatic rings. The van der Waals surface area contributed by atoms with Crippen molar-refractivity contribution in [2.75, 3.05) is 11.9 Å². The fraction of sp³-hybridized carbons (Fsp3) is 0.467. The highest BCUT2D eigenvalue weighted by molar-refractivity contribution is 6.31. The van der Waals surface area contributed by atoms with Gasteiger partial charge >= 0.3 is 0 Å². The molecule has 0 heterocycles. The number of nitriles is 1. The van der Waals surface area contributed by atoms with Gasteiger partial charge in [-0.2, -0.15) is 5.26 Å². The second-order valence-electron chi connectivity index (χ2n) is 5.55. The Labute approximate surface area is 124 Å². The van der Waals surface area contributed by atoms with Gasteiger partial charge in [0.05, 0.1) is 11.3 Å². The van der Waals surface area contributed by atoms with Gasteiger partial charge in [0.15, 0.2) is 0 Å². The summed E-state index contributed by atoms with van der Waals surface area (Å²) in [6, 6.07) is 6.84. The molecule has 1 aromatic carbocycles. The van der Waals surface area contributed by atoms with Crippen molar-refractivity contribution in [2.24, 2.45) is 11.1 Å². The molecule has 3 N–H and O–H groups in total. The molecule has 0 bridgehead atoms. The van der Waals surface area contributed by atoms with Crippen LogP contribution in [0.3, 0.4) is 0 Å². The van der Waals surface area contributed by atoms with Crippen LogP contribution >= 0.6 is 11.6 Å². The zero-order valence-corrected chi connectivity index (χ0v) is 12.6. The van der Waals surface area contributed by atoms with Crippen LogP contribution in [-0.2, 0) is 4.79 Å². The normalized spacial score (nSPS) is 10.9. The molecule has 0 saturated heterocycles. The number of amides is 1. The Balaban J connectivity index is 2.64. The van der Waals surface area contributed by atoms with Gasteiger partial charge in [0.25, 0.3) is 0 Å². The maximum atomic E-state index is 11.9. The first-order valence-corrected chi connectivity index (χ1v) is 6.95. The van der Waals surface area contributed by atoms with Crippen molar-refractivity contribution in [3.8, 4) is 6.07 Å². The summed E-state index contributed by atoms with van der Waals surface area (Å²) in [4.78, 5) is 11.9. The van der Waals surface area contributed by atoms with E-state index in [0.717, 1.165) is 12.8 Å². The number of halogens is 1. The topological polar surface area (TPSA) is 78.9 Å². The average molecular weight is 294 g/mol. The molecule has 0 saturated carbocycles. The van der Waals surface area contributed by atoms with E-state index >= 15 is 0 Å². The second kappa shape index (κ2) is 7.28. The zero-order chi connectivity index (χ0) is 15.2. The van der Waals surface area contributed by atoms with Gasteiger partial charge in [-0.05, 0) is 43.0 Å². The van der Waals surface area contributed by atoms with Crippen LogP contribution in [0.5, 0.6) is 0 Å². The number of hydrogen-bond donors (Lipinski definition) is 2. The van der Waals surface area contributed by atoms with Gasteiger partial charge in [0.2, 0.25) is 5.91 Å². The number of benzene rings is 1. The molecule has 0 aliphatic carbocycles. The Bertz CT molecular complexity index is 520. The van der Waals surface area contributed by atoms with Crippen LogP contribution in [0.1, 0.15) is 38.7 Å². The molecular formula is C15H20ClN3O. The molecule has 0 aromatic heterocycles. The average Bonchev–Trinajstić information content (AvgIpc) is 2.37. The van der Waals surface area contributed by atoms with Gasteiger partial charge < -0.3 is 11.1 Å². The van der Waals surface area contributed by atoms with E-state index in [0.29, 0.717) is 29.2 Å². The lowest BCUT2D eigenvalue weighted by molar-refractivity contribution is -0.116. The lowest BCUT2D eigenvalue weighted by Gasteiger charge is -2.23. The lowest BCUT2D eigenvalue weighted by Crippen LogP contribution is -2.20. The summed E-state index contributed by atoms with van der Waals surface area (Å²) in [5.41, 5.74) is 6.45. The van der Waals surface area contributed by atoms with Crippen molar-refractivity contribution in [1.29, 1.82) is 5.26 Å². The summed E-state index contributed by atoms with van der Waals surface area (Å²) >= 11 is 5.87. The Morgan fingerprint density at radius 1 is 1.45 bits per heavy atom. The van der Waals surface area contributed by atoms with Gasteiger partial charge in [-0.1, -0.05) is 25.4 Å². The molecule has 1 rings (SSSR count). The van der Waals surface area contributed by atoms with Gasteiger partial charge in [-0.25, -0.2) is 0 Å². The van der Waals surface area contributed by atoms with Crippen molar-refractivity contribution in [3.05, 3.63) is 28.8 Å². The van der Waals surface area contributed by atoms with E-state index in [1.165, 1.54) is 0 Å². The summed E-state index contributed by atoms with van der Waals surface area (Å²) < 4.78 is 0. The lowest BCUT2D eigenvalue weighted by atomic mass is 9.84. The highest BCUT2D eigenvalue weighted by Gasteiger charge is 2.18. The van der Waals surface area contributed by atoms with E-state index in [-0.39, 0.29) is 11.3 Å². The number of carbonyl (C=O) groups excluding carboxylic acids is 1.